The van der Waals surface area contributed by atoms with Gasteiger partial charge in [0.1, 0.15) is 5.75 Å². The third-order valence-corrected chi connectivity index (χ3v) is 5.88. The van der Waals surface area contributed by atoms with Gasteiger partial charge < -0.3 is 9.64 Å². The van der Waals surface area contributed by atoms with E-state index in [1.54, 1.807) is 4.90 Å². The molecule has 1 aromatic rings. The summed E-state index contributed by atoms with van der Waals surface area (Å²) in [5.41, 5.74) is 0.461. The number of thioether (sulfide) groups is 1. The lowest BCUT2D eigenvalue weighted by Crippen LogP contribution is -2.49. The van der Waals surface area contributed by atoms with Gasteiger partial charge >= 0.3 is 0 Å². The number of amides is 1. The van der Waals surface area contributed by atoms with Crippen molar-refractivity contribution in [1.82, 2.24) is 4.90 Å². The molecule has 1 amide bonds. The Bertz CT molecular complexity index is 538. The highest BCUT2D eigenvalue weighted by atomic mass is 32.2. The van der Waals surface area contributed by atoms with Crippen LogP contribution in [-0.4, -0.2) is 42.0 Å². The number of hydrogen-bond donors (Lipinski definition) is 0. The molecule has 0 bridgehead atoms. The first-order chi connectivity index (χ1) is 10.1. The van der Waals surface area contributed by atoms with Gasteiger partial charge in [-0.05, 0) is 41.9 Å². The minimum absolute atomic E-state index is 0.0958. The van der Waals surface area contributed by atoms with Gasteiger partial charge in [0.25, 0.3) is 5.91 Å². The van der Waals surface area contributed by atoms with Gasteiger partial charge in [-0.3, -0.25) is 4.79 Å². The third-order valence-electron chi connectivity index (χ3n) is 4.25. The van der Waals surface area contributed by atoms with Crippen molar-refractivity contribution in [3.63, 3.8) is 0 Å². The van der Waals surface area contributed by atoms with E-state index in [4.69, 9.17) is 4.74 Å². The summed E-state index contributed by atoms with van der Waals surface area (Å²) in [5.74, 6) is 0.601. The molecule has 114 valence electrons. The van der Waals surface area contributed by atoms with Crippen molar-refractivity contribution in [2.24, 2.45) is 5.41 Å². The first-order valence-electron chi connectivity index (χ1n) is 7.01. The molecule has 2 aliphatic rings. The van der Waals surface area contributed by atoms with Crippen molar-refractivity contribution in [2.75, 3.05) is 31.2 Å². The Morgan fingerprint density at radius 2 is 1.95 bits per heavy atom. The second-order valence-electron chi connectivity index (χ2n) is 5.74. The zero-order valence-electron chi connectivity index (χ0n) is 11.6. The molecule has 2 saturated heterocycles. The molecule has 3 rings (SSSR count). The van der Waals surface area contributed by atoms with E-state index in [1.807, 2.05) is 11.8 Å². The van der Waals surface area contributed by atoms with E-state index < -0.39 is 11.6 Å². The van der Waals surface area contributed by atoms with Gasteiger partial charge in [0.15, 0.2) is 18.2 Å². The molecule has 0 unspecified atom stereocenters. The molecule has 2 heterocycles. The Kier molecular flexibility index (Phi) is 4.06. The lowest BCUT2D eigenvalue weighted by atomic mass is 9.81. The fourth-order valence-electron chi connectivity index (χ4n) is 2.71. The topological polar surface area (TPSA) is 29.5 Å². The van der Waals surface area contributed by atoms with Crippen molar-refractivity contribution in [1.29, 1.82) is 0 Å². The summed E-state index contributed by atoms with van der Waals surface area (Å²) in [5, 5.41) is 0. The van der Waals surface area contributed by atoms with E-state index in [0.29, 0.717) is 5.41 Å². The fraction of sp³-hybridized carbons (Fsp3) is 0.533. The Labute approximate surface area is 126 Å². The van der Waals surface area contributed by atoms with E-state index >= 15 is 0 Å². The SMILES string of the molecule is O=C(COc1ccc(F)c(F)c1)N1CCC2(CC1)CSC2. The number of likely N-dealkylation sites (tertiary alicyclic amines) is 1. The van der Waals surface area contributed by atoms with Crippen LogP contribution < -0.4 is 4.74 Å². The summed E-state index contributed by atoms with van der Waals surface area (Å²) in [6.45, 7) is 1.40. The predicted molar refractivity (Wildman–Crippen MR) is 77.4 cm³/mol. The highest BCUT2D eigenvalue weighted by Gasteiger charge is 2.41. The maximum absolute atomic E-state index is 13.0. The fourth-order valence-corrected chi connectivity index (χ4v) is 4.07. The molecule has 0 atom stereocenters. The number of carbonyl (C=O) groups excluding carboxylic acids is 1. The molecule has 6 heteroatoms. The Morgan fingerprint density at radius 3 is 2.52 bits per heavy atom. The van der Waals surface area contributed by atoms with Gasteiger partial charge in [-0.15, -0.1) is 0 Å². The average molecular weight is 313 g/mol. The number of benzene rings is 1. The first kappa shape index (κ1) is 14.6. The van der Waals surface area contributed by atoms with Gasteiger partial charge in [-0.25, -0.2) is 8.78 Å². The third kappa shape index (κ3) is 3.15. The predicted octanol–water partition coefficient (Wildman–Crippen LogP) is 2.70. The van der Waals surface area contributed by atoms with Gasteiger partial charge in [0.05, 0.1) is 0 Å². The van der Waals surface area contributed by atoms with Crippen molar-refractivity contribution in [3.05, 3.63) is 29.8 Å². The smallest absolute Gasteiger partial charge is 0.260 e. The molecule has 0 aromatic heterocycles. The molecule has 2 aliphatic heterocycles. The summed E-state index contributed by atoms with van der Waals surface area (Å²) in [4.78, 5) is 13.9. The first-order valence-corrected chi connectivity index (χ1v) is 8.17. The monoisotopic (exact) mass is 313 g/mol. The molecular formula is C15H17F2NO2S. The summed E-state index contributed by atoms with van der Waals surface area (Å²) in [6, 6.07) is 3.27. The summed E-state index contributed by atoms with van der Waals surface area (Å²) in [7, 11) is 0. The quantitative estimate of drug-likeness (QED) is 0.859. The maximum Gasteiger partial charge on any atom is 0.260 e. The normalized spacial score (nSPS) is 20.2. The van der Waals surface area contributed by atoms with Crippen LogP contribution in [0.3, 0.4) is 0 Å². The molecule has 3 nitrogen and oxygen atoms in total. The molecule has 1 aromatic carbocycles. The zero-order chi connectivity index (χ0) is 14.9. The summed E-state index contributed by atoms with van der Waals surface area (Å²) < 4.78 is 31.1. The van der Waals surface area contributed by atoms with Crippen LogP contribution in [0.15, 0.2) is 18.2 Å². The van der Waals surface area contributed by atoms with E-state index in [0.717, 1.165) is 38.1 Å². The van der Waals surface area contributed by atoms with Gasteiger partial charge in [0.2, 0.25) is 0 Å². The van der Waals surface area contributed by atoms with Crippen molar-refractivity contribution in [2.45, 2.75) is 12.8 Å². The average Bonchev–Trinajstić information content (AvgIpc) is 2.47. The summed E-state index contributed by atoms with van der Waals surface area (Å²) >= 11 is 1.97. The molecule has 0 radical (unpaired) electrons. The van der Waals surface area contributed by atoms with Crippen LogP contribution in [0.5, 0.6) is 5.75 Å². The number of rotatable bonds is 3. The van der Waals surface area contributed by atoms with Crippen LogP contribution in [0, 0.1) is 17.0 Å². The van der Waals surface area contributed by atoms with Gasteiger partial charge in [-0.1, -0.05) is 0 Å². The molecule has 1 spiro atoms. The highest BCUT2D eigenvalue weighted by molar-refractivity contribution is 8.00. The van der Waals surface area contributed by atoms with Crippen molar-refractivity contribution < 1.29 is 18.3 Å². The number of nitrogens with zero attached hydrogens (tertiary/aromatic N) is 1. The second-order valence-corrected chi connectivity index (χ2v) is 6.72. The van der Waals surface area contributed by atoms with Crippen LogP contribution >= 0.6 is 11.8 Å². The lowest BCUT2D eigenvalue weighted by molar-refractivity contribution is -0.135. The number of hydrogen-bond acceptors (Lipinski definition) is 3. The van der Waals surface area contributed by atoms with Crippen LogP contribution in [0.1, 0.15) is 12.8 Å². The van der Waals surface area contributed by atoms with E-state index in [1.165, 1.54) is 17.6 Å². The zero-order valence-corrected chi connectivity index (χ0v) is 12.4. The van der Waals surface area contributed by atoms with Crippen LogP contribution in [-0.2, 0) is 4.79 Å². The molecule has 21 heavy (non-hydrogen) atoms. The highest BCUT2D eigenvalue weighted by Crippen LogP contribution is 2.45. The molecular weight excluding hydrogens is 296 g/mol. The minimum Gasteiger partial charge on any atom is -0.484 e. The number of carbonyl (C=O) groups is 1. The van der Waals surface area contributed by atoms with E-state index in [2.05, 4.69) is 0 Å². The standard InChI is InChI=1S/C15H17F2NO2S/c16-12-2-1-11(7-13(12)17)20-8-14(19)18-5-3-15(4-6-18)9-21-10-15/h1-2,7H,3-6,8-10H2. The Hall–Kier alpha value is -1.30. The molecule has 0 saturated carbocycles. The van der Waals surface area contributed by atoms with Crippen LogP contribution in [0.25, 0.3) is 0 Å². The van der Waals surface area contributed by atoms with Crippen LogP contribution in [0.4, 0.5) is 8.78 Å². The minimum atomic E-state index is -0.970. The van der Waals surface area contributed by atoms with Crippen molar-refractivity contribution >= 4 is 17.7 Å². The van der Waals surface area contributed by atoms with E-state index in [-0.39, 0.29) is 18.3 Å². The Balaban J connectivity index is 1.49. The number of piperidine rings is 1. The van der Waals surface area contributed by atoms with E-state index in [9.17, 15) is 13.6 Å². The second kappa shape index (κ2) is 5.83. The number of halogens is 2. The maximum atomic E-state index is 13.0. The molecule has 0 aliphatic carbocycles. The van der Waals surface area contributed by atoms with Gasteiger partial charge in [-0.2, -0.15) is 11.8 Å². The molecule has 0 N–H and O–H groups in total. The lowest BCUT2D eigenvalue weighted by Gasteiger charge is -2.47. The van der Waals surface area contributed by atoms with Crippen molar-refractivity contribution in [3.8, 4) is 5.75 Å². The molecule has 2 fully saturated rings. The Morgan fingerprint density at radius 1 is 1.24 bits per heavy atom. The number of ether oxygens (including phenoxy) is 1. The van der Waals surface area contributed by atoms with Crippen LogP contribution in [0.2, 0.25) is 0 Å². The summed E-state index contributed by atoms with van der Waals surface area (Å²) in [6.07, 6.45) is 2.10. The van der Waals surface area contributed by atoms with Gasteiger partial charge in [0, 0.05) is 19.2 Å². The largest absolute Gasteiger partial charge is 0.484 e.